The van der Waals surface area contributed by atoms with Crippen LogP contribution in [0.1, 0.15) is 48.5 Å². The van der Waals surface area contributed by atoms with Crippen molar-refractivity contribution < 1.29 is 19.5 Å². The Bertz CT molecular complexity index is 1080. The van der Waals surface area contributed by atoms with E-state index < -0.39 is 11.6 Å². The predicted molar refractivity (Wildman–Crippen MR) is 134 cm³/mol. The summed E-state index contributed by atoms with van der Waals surface area (Å²) < 4.78 is 0. The van der Waals surface area contributed by atoms with E-state index in [4.69, 9.17) is 11.6 Å². The van der Waals surface area contributed by atoms with Crippen molar-refractivity contribution in [1.82, 2.24) is 15.2 Å². The number of piperidine rings is 1. The standard InChI is InChI=1S/C26H31ClN4O4/c1-3-31(25(34)35)26(16-28-15-22(26)18-4-7-21(27)8-5-18)24(33)19-10-12-30(13-11-19)23-9-6-20(14-29-23)17(2)32/h4-9,14,19,22,28H,3,10-13,15-16H2,1-2H3,(H,34,35)/t22-,26+/m0/s1. The molecule has 2 aliphatic rings. The van der Waals surface area contributed by atoms with Crippen molar-refractivity contribution >= 4 is 35.1 Å². The van der Waals surface area contributed by atoms with E-state index in [1.165, 1.54) is 11.8 Å². The number of carbonyl (C=O) groups excluding carboxylic acids is 2. The van der Waals surface area contributed by atoms with E-state index in [-0.39, 0.29) is 36.5 Å². The second kappa shape index (κ2) is 10.3. The molecule has 3 heterocycles. The number of carbonyl (C=O) groups is 3. The van der Waals surface area contributed by atoms with E-state index in [0.717, 1.165) is 11.4 Å². The smallest absolute Gasteiger partial charge is 0.408 e. The van der Waals surface area contributed by atoms with Crippen molar-refractivity contribution in [3.05, 3.63) is 58.7 Å². The first-order valence-electron chi connectivity index (χ1n) is 12.0. The number of nitrogens with one attached hydrogen (secondary N) is 1. The molecule has 186 valence electrons. The molecule has 9 heteroatoms. The van der Waals surface area contributed by atoms with Crippen LogP contribution < -0.4 is 10.2 Å². The molecular weight excluding hydrogens is 468 g/mol. The zero-order chi connectivity index (χ0) is 25.2. The van der Waals surface area contributed by atoms with E-state index >= 15 is 0 Å². The predicted octanol–water partition coefficient (Wildman–Crippen LogP) is 3.85. The number of pyridine rings is 1. The highest BCUT2D eigenvalue weighted by Crippen LogP contribution is 2.41. The van der Waals surface area contributed by atoms with Gasteiger partial charge in [-0.3, -0.25) is 14.5 Å². The van der Waals surface area contributed by atoms with E-state index in [1.54, 1.807) is 31.3 Å². The molecule has 0 radical (unpaired) electrons. The largest absolute Gasteiger partial charge is 0.465 e. The van der Waals surface area contributed by atoms with Crippen molar-refractivity contribution in [2.45, 2.75) is 38.1 Å². The maximum Gasteiger partial charge on any atom is 0.408 e. The Hall–Kier alpha value is -2.97. The number of rotatable bonds is 7. The van der Waals surface area contributed by atoms with E-state index in [2.05, 4.69) is 15.2 Å². The number of ketones is 2. The van der Waals surface area contributed by atoms with Crippen LogP contribution in [0, 0.1) is 5.92 Å². The van der Waals surface area contributed by atoms with Gasteiger partial charge in [-0.2, -0.15) is 0 Å². The van der Waals surface area contributed by atoms with Crippen LogP contribution in [0.5, 0.6) is 0 Å². The Morgan fingerprint density at radius 3 is 2.40 bits per heavy atom. The molecule has 1 aromatic heterocycles. The zero-order valence-corrected chi connectivity index (χ0v) is 20.8. The number of amides is 1. The van der Waals surface area contributed by atoms with Crippen LogP contribution in [0.15, 0.2) is 42.6 Å². The first kappa shape index (κ1) is 25.1. The second-order valence-corrected chi connectivity index (χ2v) is 9.71. The van der Waals surface area contributed by atoms with E-state index in [1.807, 2.05) is 18.2 Å². The summed E-state index contributed by atoms with van der Waals surface area (Å²) in [7, 11) is 0. The SMILES string of the molecule is CCN(C(=O)O)[C@]1(C(=O)C2CCN(c3ccc(C(C)=O)cn3)CC2)CNC[C@H]1c1ccc(Cl)cc1. The Balaban J connectivity index is 1.58. The lowest BCUT2D eigenvalue weighted by atomic mass is 9.72. The maximum absolute atomic E-state index is 14.2. The number of anilines is 1. The minimum absolute atomic E-state index is 0.0220. The normalized spacial score (nSPS) is 22.7. The van der Waals surface area contributed by atoms with Gasteiger partial charge in [-0.05, 0) is 56.5 Å². The van der Waals surface area contributed by atoms with Gasteiger partial charge in [0.1, 0.15) is 11.4 Å². The van der Waals surface area contributed by atoms with Crippen molar-refractivity contribution in [3.8, 4) is 0 Å². The summed E-state index contributed by atoms with van der Waals surface area (Å²) in [4.78, 5) is 45.9. The highest BCUT2D eigenvalue weighted by molar-refractivity contribution is 6.30. The topological polar surface area (TPSA) is 103 Å². The molecule has 0 spiro atoms. The van der Waals surface area contributed by atoms with Crippen LogP contribution in [-0.4, -0.2) is 70.9 Å². The molecule has 0 unspecified atom stereocenters. The molecule has 2 saturated heterocycles. The molecule has 2 aromatic rings. The third kappa shape index (κ3) is 4.77. The van der Waals surface area contributed by atoms with Crippen LogP contribution in [0.25, 0.3) is 0 Å². The van der Waals surface area contributed by atoms with E-state index in [0.29, 0.717) is 43.1 Å². The molecule has 1 aromatic carbocycles. The fraction of sp³-hybridized carbons (Fsp3) is 0.462. The zero-order valence-electron chi connectivity index (χ0n) is 20.0. The fourth-order valence-corrected chi connectivity index (χ4v) is 5.68. The third-order valence-electron chi connectivity index (χ3n) is 7.39. The lowest BCUT2D eigenvalue weighted by Gasteiger charge is -2.45. The first-order chi connectivity index (χ1) is 16.8. The summed E-state index contributed by atoms with van der Waals surface area (Å²) in [6.07, 6.45) is 1.72. The van der Waals surface area contributed by atoms with Gasteiger partial charge < -0.3 is 15.3 Å². The third-order valence-corrected chi connectivity index (χ3v) is 7.64. The van der Waals surface area contributed by atoms with Crippen LogP contribution in [0.3, 0.4) is 0 Å². The molecule has 2 aliphatic heterocycles. The average molecular weight is 499 g/mol. The minimum Gasteiger partial charge on any atom is -0.465 e. The number of likely N-dealkylation sites (N-methyl/N-ethyl adjacent to an activating group) is 1. The summed E-state index contributed by atoms with van der Waals surface area (Å²) in [5, 5.41) is 14.0. The van der Waals surface area contributed by atoms with Gasteiger partial charge in [0, 0.05) is 61.3 Å². The molecule has 35 heavy (non-hydrogen) atoms. The molecule has 4 rings (SSSR count). The Kier molecular flexibility index (Phi) is 7.42. The Morgan fingerprint density at radius 1 is 1.17 bits per heavy atom. The number of hydrogen-bond acceptors (Lipinski definition) is 6. The number of benzene rings is 1. The molecule has 2 atom stereocenters. The van der Waals surface area contributed by atoms with Gasteiger partial charge >= 0.3 is 6.09 Å². The summed E-state index contributed by atoms with van der Waals surface area (Å²) >= 11 is 6.09. The van der Waals surface area contributed by atoms with Crippen molar-refractivity contribution in [2.24, 2.45) is 5.92 Å². The first-order valence-corrected chi connectivity index (χ1v) is 12.4. The van der Waals surface area contributed by atoms with Crippen molar-refractivity contribution in [3.63, 3.8) is 0 Å². The highest BCUT2D eigenvalue weighted by Gasteiger charge is 2.56. The van der Waals surface area contributed by atoms with Gasteiger partial charge in [-0.1, -0.05) is 23.7 Å². The summed E-state index contributed by atoms with van der Waals surface area (Å²) in [6, 6.07) is 10.9. The molecule has 2 N–H and O–H groups in total. The lowest BCUT2D eigenvalue weighted by Crippen LogP contribution is -2.63. The number of aromatic nitrogens is 1. The Morgan fingerprint density at radius 2 is 1.86 bits per heavy atom. The summed E-state index contributed by atoms with van der Waals surface area (Å²) in [5.74, 6) is 0.162. The molecule has 0 bridgehead atoms. The van der Waals surface area contributed by atoms with Gasteiger partial charge in [-0.25, -0.2) is 9.78 Å². The molecule has 0 saturated carbocycles. The molecule has 0 aliphatic carbocycles. The second-order valence-electron chi connectivity index (χ2n) is 9.27. The highest BCUT2D eigenvalue weighted by atomic mass is 35.5. The van der Waals surface area contributed by atoms with Gasteiger partial charge in [0.15, 0.2) is 11.6 Å². The maximum atomic E-state index is 14.2. The number of halogens is 1. The van der Waals surface area contributed by atoms with E-state index in [9.17, 15) is 19.5 Å². The molecular formula is C26H31ClN4O4. The van der Waals surface area contributed by atoms with Crippen molar-refractivity contribution in [1.29, 1.82) is 0 Å². The molecule has 1 amide bonds. The van der Waals surface area contributed by atoms with Crippen LogP contribution in [0.4, 0.5) is 10.6 Å². The number of carboxylic acid groups (broad SMARTS) is 1. The minimum atomic E-state index is -1.18. The Labute approximate surface area is 210 Å². The quantitative estimate of drug-likeness (QED) is 0.559. The van der Waals surface area contributed by atoms with Gasteiger partial charge in [0.2, 0.25) is 0 Å². The van der Waals surface area contributed by atoms with Crippen molar-refractivity contribution in [2.75, 3.05) is 37.6 Å². The number of nitrogens with zero attached hydrogens (tertiary/aromatic N) is 3. The average Bonchev–Trinajstić information content (AvgIpc) is 3.30. The summed E-state index contributed by atoms with van der Waals surface area (Å²) in [5.41, 5.74) is 0.290. The molecule has 2 fully saturated rings. The molecule has 8 nitrogen and oxygen atoms in total. The van der Waals surface area contributed by atoms with Gasteiger partial charge in [0.25, 0.3) is 0 Å². The number of Topliss-reactive ketones (excluding diaryl/α,β-unsaturated/α-hetero) is 2. The van der Waals surface area contributed by atoms with Gasteiger partial charge in [-0.15, -0.1) is 0 Å². The van der Waals surface area contributed by atoms with Gasteiger partial charge in [0.05, 0.1) is 0 Å². The lowest BCUT2D eigenvalue weighted by molar-refractivity contribution is -0.135. The fourth-order valence-electron chi connectivity index (χ4n) is 5.56. The summed E-state index contributed by atoms with van der Waals surface area (Å²) in [6.45, 7) is 5.58. The van der Waals surface area contributed by atoms with Crippen LogP contribution in [0.2, 0.25) is 5.02 Å². The monoisotopic (exact) mass is 498 g/mol. The number of hydrogen-bond donors (Lipinski definition) is 2. The van der Waals surface area contributed by atoms with Crippen LogP contribution in [-0.2, 0) is 4.79 Å². The van der Waals surface area contributed by atoms with Crippen LogP contribution >= 0.6 is 11.6 Å².